The second kappa shape index (κ2) is 9.54. The number of hydrogen-bond donors (Lipinski definition) is 1. The number of carbonyl (C=O) groups excluding carboxylic acids is 2. The largest absolute Gasteiger partial charge is 0.465 e. The van der Waals surface area contributed by atoms with E-state index < -0.39 is 33.4 Å². The van der Waals surface area contributed by atoms with Crippen LogP contribution in [0, 0.1) is 23.7 Å². The number of alkyl halides is 2. The lowest BCUT2D eigenvalue weighted by atomic mass is 9.53. The number of hydrogen-bond acceptors (Lipinski definition) is 6. The maximum absolute atomic E-state index is 13.7. The Morgan fingerprint density at radius 1 is 0.914 bits per heavy atom. The van der Waals surface area contributed by atoms with E-state index >= 15 is 0 Å². The van der Waals surface area contributed by atoms with E-state index in [0.29, 0.717) is 36.8 Å². The highest BCUT2D eigenvalue weighted by molar-refractivity contribution is 7.87. The Labute approximate surface area is 206 Å². The Bertz CT molecular complexity index is 1100. The lowest BCUT2D eigenvalue weighted by Gasteiger charge is -2.56. The number of halogens is 2. The van der Waals surface area contributed by atoms with Crippen LogP contribution < -0.4 is 0 Å². The fourth-order valence-electron chi connectivity index (χ4n) is 6.17. The Morgan fingerprint density at radius 2 is 1.43 bits per heavy atom. The SMILES string of the molecule is [B]Cc1cc(C[B])c(C[B])c(C(=O)OC2C3CC4CC2CC(C3)C4OC(=O)C(F)(F)S(=O)(=O)O)c1. The topological polar surface area (TPSA) is 107 Å². The van der Waals surface area contributed by atoms with Crippen LogP contribution in [-0.4, -0.2) is 65.9 Å². The van der Waals surface area contributed by atoms with Gasteiger partial charge in [-0.15, -0.1) is 0 Å². The van der Waals surface area contributed by atoms with E-state index in [4.69, 9.17) is 37.6 Å². The maximum Gasteiger partial charge on any atom is 0.465 e. The minimum atomic E-state index is -5.93. The molecule has 0 aromatic heterocycles. The highest BCUT2D eigenvalue weighted by atomic mass is 32.2. The van der Waals surface area contributed by atoms with Crippen LogP contribution in [0.3, 0.4) is 0 Å². The molecule has 7 nitrogen and oxygen atoms in total. The van der Waals surface area contributed by atoms with Crippen molar-refractivity contribution >= 4 is 45.6 Å². The van der Waals surface area contributed by atoms with Gasteiger partial charge in [0, 0.05) is 0 Å². The van der Waals surface area contributed by atoms with Gasteiger partial charge in [0.25, 0.3) is 0 Å². The maximum atomic E-state index is 13.7. The summed E-state index contributed by atoms with van der Waals surface area (Å²) in [5.41, 5.74) is 2.37. The van der Waals surface area contributed by atoms with Crippen LogP contribution in [0.2, 0.25) is 0 Å². The Kier molecular flexibility index (Phi) is 7.14. The number of benzene rings is 1. The first-order valence-corrected chi connectivity index (χ1v) is 12.9. The van der Waals surface area contributed by atoms with Gasteiger partial charge in [0.2, 0.25) is 0 Å². The summed E-state index contributed by atoms with van der Waals surface area (Å²) < 4.78 is 68.6. The minimum Gasteiger partial charge on any atom is -0.458 e. The highest BCUT2D eigenvalue weighted by Gasteiger charge is 2.59. The molecule has 0 aliphatic heterocycles. The molecular formula is C22H23B3F2O7S. The van der Waals surface area contributed by atoms with Crippen molar-refractivity contribution in [2.75, 3.05) is 0 Å². The van der Waals surface area contributed by atoms with Gasteiger partial charge in [-0.3, -0.25) is 4.55 Å². The Morgan fingerprint density at radius 3 is 1.86 bits per heavy atom. The van der Waals surface area contributed by atoms with Crippen molar-refractivity contribution in [2.24, 2.45) is 23.7 Å². The van der Waals surface area contributed by atoms with Crippen LogP contribution in [0.4, 0.5) is 8.78 Å². The average molecular weight is 502 g/mol. The highest BCUT2D eigenvalue weighted by Crippen LogP contribution is 2.56. The van der Waals surface area contributed by atoms with Crippen molar-refractivity contribution in [1.82, 2.24) is 0 Å². The number of carbonyl (C=O) groups is 2. The quantitative estimate of drug-likeness (QED) is 0.328. The molecule has 4 aliphatic rings. The molecule has 0 unspecified atom stereocenters. The minimum absolute atomic E-state index is 0.0496. The zero-order valence-corrected chi connectivity index (χ0v) is 19.7. The van der Waals surface area contributed by atoms with Gasteiger partial charge >= 0.3 is 27.3 Å². The van der Waals surface area contributed by atoms with Crippen molar-refractivity contribution < 1.29 is 40.8 Å². The average Bonchev–Trinajstić information content (AvgIpc) is 2.80. The molecule has 1 aromatic carbocycles. The summed E-state index contributed by atoms with van der Waals surface area (Å²) in [5.74, 6) is -3.43. The third kappa shape index (κ3) is 4.66. The van der Waals surface area contributed by atoms with Gasteiger partial charge in [-0.1, -0.05) is 36.2 Å². The summed E-state index contributed by atoms with van der Waals surface area (Å²) in [6.07, 6.45) is 1.13. The fourth-order valence-corrected chi connectivity index (χ4v) is 6.43. The third-order valence-electron chi connectivity index (χ3n) is 7.61. The molecular weight excluding hydrogens is 479 g/mol. The van der Waals surface area contributed by atoms with E-state index in [-0.39, 0.29) is 48.7 Å². The second-order valence-corrected chi connectivity index (χ2v) is 11.1. The van der Waals surface area contributed by atoms with E-state index in [1.807, 2.05) is 6.07 Å². The summed E-state index contributed by atoms with van der Waals surface area (Å²) in [5, 5.41) is -5.03. The standard InChI is InChI=1S/C22H23B3F2O7S/c23-7-10-1-15(8-24)17(9-25)16(2-10)20(28)33-18-11-3-13-5-12(18)6-14(4-11)19(13)34-21(29)22(26,27)35(30,31)32/h1-2,11-14,18-19H,3-9H2,(H,30,31,32). The molecule has 182 valence electrons. The summed E-state index contributed by atoms with van der Waals surface area (Å²) in [7, 11) is 11.5. The predicted molar refractivity (Wildman–Crippen MR) is 123 cm³/mol. The van der Waals surface area contributed by atoms with Gasteiger partial charge in [0.05, 0.1) is 29.1 Å². The molecule has 13 heteroatoms. The van der Waals surface area contributed by atoms with Crippen LogP contribution in [0.25, 0.3) is 0 Å². The molecule has 4 saturated carbocycles. The zero-order chi connectivity index (χ0) is 25.7. The summed E-state index contributed by atoms with van der Waals surface area (Å²) in [6, 6.07) is 3.47. The summed E-state index contributed by atoms with van der Waals surface area (Å²) in [4.78, 5) is 25.0. The predicted octanol–water partition coefficient (Wildman–Crippen LogP) is 1.68. The molecule has 5 rings (SSSR count). The fraction of sp³-hybridized carbons (Fsp3) is 0.636. The Balaban J connectivity index is 1.47. The lowest BCUT2D eigenvalue weighted by molar-refractivity contribution is -0.197. The van der Waals surface area contributed by atoms with Gasteiger partial charge in [0.1, 0.15) is 12.2 Å². The molecule has 0 atom stereocenters. The first-order chi connectivity index (χ1) is 16.4. The molecule has 6 radical (unpaired) electrons. The van der Waals surface area contributed by atoms with Crippen molar-refractivity contribution in [3.8, 4) is 0 Å². The molecule has 0 amide bonds. The van der Waals surface area contributed by atoms with Crippen molar-refractivity contribution in [2.45, 2.75) is 62.1 Å². The van der Waals surface area contributed by atoms with Crippen molar-refractivity contribution in [3.63, 3.8) is 0 Å². The number of ether oxygens (including phenoxy) is 2. The summed E-state index contributed by atoms with van der Waals surface area (Å²) >= 11 is 0. The van der Waals surface area contributed by atoms with Crippen LogP contribution in [0.5, 0.6) is 0 Å². The molecule has 0 heterocycles. The van der Waals surface area contributed by atoms with Crippen molar-refractivity contribution in [3.05, 3.63) is 34.4 Å². The van der Waals surface area contributed by atoms with E-state index in [1.165, 1.54) is 0 Å². The zero-order valence-electron chi connectivity index (χ0n) is 18.9. The van der Waals surface area contributed by atoms with E-state index in [9.17, 15) is 26.8 Å². The van der Waals surface area contributed by atoms with Crippen molar-refractivity contribution in [1.29, 1.82) is 0 Å². The molecule has 1 N–H and O–H groups in total. The molecule has 4 fully saturated rings. The van der Waals surface area contributed by atoms with E-state index in [2.05, 4.69) is 0 Å². The first-order valence-electron chi connectivity index (χ1n) is 11.4. The molecule has 1 aromatic rings. The first kappa shape index (κ1) is 26.2. The lowest BCUT2D eigenvalue weighted by Crippen LogP contribution is -2.58. The third-order valence-corrected chi connectivity index (χ3v) is 8.42. The van der Waals surface area contributed by atoms with Gasteiger partial charge in [0.15, 0.2) is 0 Å². The normalized spacial score (nSPS) is 29.7. The molecule has 0 spiro atoms. The van der Waals surface area contributed by atoms with Gasteiger partial charge in [-0.05, 0) is 61.0 Å². The van der Waals surface area contributed by atoms with Crippen LogP contribution in [0.15, 0.2) is 12.1 Å². The monoisotopic (exact) mass is 502 g/mol. The Hall–Kier alpha value is -1.88. The number of rotatable bonds is 8. The van der Waals surface area contributed by atoms with E-state index in [0.717, 1.165) is 11.1 Å². The number of esters is 2. The molecule has 4 aliphatic carbocycles. The van der Waals surface area contributed by atoms with Crippen LogP contribution in [0.1, 0.15) is 52.7 Å². The molecule has 35 heavy (non-hydrogen) atoms. The van der Waals surface area contributed by atoms with Gasteiger partial charge in [-0.25, -0.2) is 9.59 Å². The second-order valence-electron chi connectivity index (χ2n) is 9.61. The van der Waals surface area contributed by atoms with Crippen LogP contribution in [-0.2, 0) is 43.3 Å². The van der Waals surface area contributed by atoms with E-state index in [1.54, 1.807) is 6.07 Å². The van der Waals surface area contributed by atoms with Gasteiger partial charge < -0.3 is 9.47 Å². The molecule has 0 saturated heterocycles. The van der Waals surface area contributed by atoms with Gasteiger partial charge in [-0.2, -0.15) is 17.2 Å². The molecule has 4 bridgehead atoms. The smallest absolute Gasteiger partial charge is 0.458 e. The van der Waals surface area contributed by atoms with Crippen LogP contribution >= 0.6 is 0 Å². The summed E-state index contributed by atoms with van der Waals surface area (Å²) in [6.45, 7) is 0.